The molecule has 2 N–H and O–H groups in total. The van der Waals surface area contributed by atoms with Gasteiger partial charge in [-0.05, 0) is 32.9 Å². The van der Waals surface area contributed by atoms with Gasteiger partial charge in [0.1, 0.15) is 18.5 Å². The fraction of sp³-hybridized carbons (Fsp3) is 0.588. The highest BCUT2D eigenvalue weighted by atomic mass is 32.1. The second-order valence-electron chi connectivity index (χ2n) is 6.51. The predicted molar refractivity (Wildman–Crippen MR) is 94.4 cm³/mol. The topological polar surface area (TPSA) is 57.6 Å². The van der Waals surface area contributed by atoms with Crippen molar-refractivity contribution in [2.24, 2.45) is 0 Å². The molecular formula is C17H25N3O2S. The third-order valence-electron chi connectivity index (χ3n) is 4.01. The van der Waals surface area contributed by atoms with Crippen LogP contribution >= 0.6 is 11.3 Å². The molecule has 0 amide bonds. The number of hydrogen-bond acceptors (Lipinski definition) is 6. The number of ether oxygens (including phenoxy) is 1. The van der Waals surface area contributed by atoms with E-state index < -0.39 is 6.10 Å². The Hall–Kier alpha value is -1.21. The largest absolute Gasteiger partial charge is 0.491 e. The fourth-order valence-electron chi connectivity index (χ4n) is 3.24. The van der Waals surface area contributed by atoms with Crippen molar-refractivity contribution in [2.75, 3.05) is 26.2 Å². The summed E-state index contributed by atoms with van der Waals surface area (Å²) in [6.45, 7) is 9.24. The third kappa shape index (κ3) is 4.41. The minimum Gasteiger partial charge on any atom is -0.491 e. The molecule has 1 aliphatic heterocycles. The first-order chi connectivity index (χ1) is 11.0. The van der Waals surface area contributed by atoms with E-state index in [1.165, 1.54) is 4.70 Å². The molecule has 0 radical (unpaired) electrons. The summed E-state index contributed by atoms with van der Waals surface area (Å²) >= 11 is 1.68. The molecule has 0 saturated carbocycles. The van der Waals surface area contributed by atoms with Gasteiger partial charge in [0.15, 0.2) is 0 Å². The van der Waals surface area contributed by atoms with Gasteiger partial charge in [0, 0.05) is 37.8 Å². The summed E-state index contributed by atoms with van der Waals surface area (Å²) in [7, 11) is 0. The van der Waals surface area contributed by atoms with Gasteiger partial charge in [-0.25, -0.2) is 4.98 Å². The molecule has 1 aliphatic rings. The van der Waals surface area contributed by atoms with Gasteiger partial charge in [0.05, 0.1) is 15.2 Å². The smallest absolute Gasteiger partial charge is 0.121 e. The van der Waals surface area contributed by atoms with Gasteiger partial charge >= 0.3 is 0 Å². The number of aliphatic hydroxyl groups excluding tert-OH is 1. The average Bonchev–Trinajstić information content (AvgIpc) is 2.83. The van der Waals surface area contributed by atoms with Gasteiger partial charge in [-0.15, -0.1) is 11.3 Å². The Labute approximate surface area is 141 Å². The molecule has 1 aromatic heterocycles. The SMILES string of the molecule is Cc1nc2cc(OC[C@@H](O)CN3CC(C)NC(C)C3)ccc2s1. The highest BCUT2D eigenvalue weighted by Crippen LogP contribution is 2.25. The molecule has 1 aromatic carbocycles. The second kappa shape index (κ2) is 7.13. The van der Waals surface area contributed by atoms with Crippen LogP contribution in [0.1, 0.15) is 18.9 Å². The van der Waals surface area contributed by atoms with Gasteiger partial charge in [-0.2, -0.15) is 0 Å². The van der Waals surface area contributed by atoms with Crippen molar-refractivity contribution in [3.8, 4) is 5.75 Å². The van der Waals surface area contributed by atoms with Crippen LogP contribution in [0.4, 0.5) is 0 Å². The van der Waals surface area contributed by atoms with Crippen LogP contribution in [0, 0.1) is 6.92 Å². The normalized spacial score (nSPS) is 24.0. The lowest BCUT2D eigenvalue weighted by molar-refractivity contribution is 0.0523. The van der Waals surface area contributed by atoms with Crippen LogP contribution in [0.25, 0.3) is 10.2 Å². The number of benzene rings is 1. The number of thiazole rings is 1. The first-order valence-electron chi connectivity index (χ1n) is 8.16. The third-order valence-corrected chi connectivity index (χ3v) is 4.96. The molecule has 3 rings (SSSR count). The molecule has 0 bridgehead atoms. The molecule has 1 saturated heterocycles. The number of nitrogens with one attached hydrogen (secondary N) is 1. The summed E-state index contributed by atoms with van der Waals surface area (Å²) < 4.78 is 6.92. The maximum Gasteiger partial charge on any atom is 0.121 e. The number of nitrogens with zero attached hydrogens (tertiary/aromatic N) is 2. The standard InChI is InChI=1S/C17H25N3O2S/c1-11-7-20(8-12(2)18-11)9-14(21)10-22-15-4-5-17-16(6-15)19-13(3)23-17/h4-6,11-12,14,18,21H,7-10H2,1-3H3/t11?,12?,14-/m0/s1. The fourth-order valence-corrected chi connectivity index (χ4v) is 4.05. The summed E-state index contributed by atoms with van der Waals surface area (Å²) in [5, 5.41) is 14.8. The van der Waals surface area contributed by atoms with Crippen LogP contribution in [0.3, 0.4) is 0 Å². The molecule has 2 unspecified atom stereocenters. The summed E-state index contributed by atoms with van der Waals surface area (Å²) in [6, 6.07) is 6.84. The molecule has 126 valence electrons. The number of rotatable bonds is 5. The number of fused-ring (bicyclic) bond motifs is 1. The maximum absolute atomic E-state index is 10.3. The second-order valence-corrected chi connectivity index (χ2v) is 7.75. The van der Waals surface area contributed by atoms with E-state index >= 15 is 0 Å². The van der Waals surface area contributed by atoms with Crippen LogP contribution < -0.4 is 10.1 Å². The first kappa shape index (κ1) is 16.6. The lowest BCUT2D eigenvalue weighted by Crippen LogP contribution is -2.55. The Morgan fingerprint density at radius 2 is 2.13 bits per heavy atom. The summed E-state index contributed by atoms with van der Waals surface area (Å²) in [6.07, 6.45) is -0.486. The van der Waals surface area contributed by atoms with E-state index in [1.807, 2.05) is 25.1 Å². The molecule has 6 heteroatoms. The van der Waals surface area contributed by atoms with E-state index in [2.05, 4.69) is 29.0 Å². The maximum atomic E-state index is 10.3. The zero-order valence-corrected chi connectivity index (χ0v) is 14.8. The van der Waals surface area contributed by atoms with Gasteiger partial charge < -0.3 is 15.2 Å². The number of β-amino-alcohol motifs (C(OH)–C–C–N with tert-alkyl or cyclic N) is 1. The lowest BCUT2D eigenvalue weighted by Gasteiger charge is -2.37. The predicted octanol–water partition coefficient (Wildman–Crippen LogP) is 2.03. The van der Waals surface area contributed by atoms with E-state index in [0.29, 0.717) is 25.2 Å². The van der Waals surface area contributed by atoms with Crippen LogP contribution in [0.2, 0.25) is 0 Å². The van der Waals surface area contributed by atoms with E-state index in [1.54, 1.807) is 11.3 Å². The van der Waals surface area contributed by atoms with E-state index in [4.69, 9.17) is 4.74 Å². The molecular weight excluding hydrogens is 310 g/mol. The Morgan fingerprint density at radius 3 is 2.87 bits per heavy atom. The molecule has 2 aromatic rings. The van der Waals surface area contributed by atoms with E-state index in [-0.39, 0.29) is 0 Å². The zero-order chi connectivity index (χ0) is 16.4. The minimum absolute atomic E-state index is 0.307. The van der Waals surface area contributed by atoms with Gasteiger partial charge in [-0.1, -0.05) is 0 Å². The molecule has 2 heterocycles. The Bertz CT molecular complexity index is 650. The monoisotopic (exact) mass is 335 g/mol. The van der Waals surface area contributed by atoms with Crippen molar-refractivity contribution in [3.05, 3.63) is 23.2 Å². The van der Waals surface area contributed by atoms with E-state index in [0.717, 1.165) is 29.4 Å². The van der Waals surface area contributed by atoms with Crippen LogP contribution in [0.5, 0.6) is 5.75 Å². The Kier molecular flexibility index (Phi) is 5.16. The van der Waals surface area contributed by atoms with Crippen molar-refractivity contribution < 1.29 is 9.84 Å². The molecule has 5 nitrogen and oxygen atoms in total. The number of aryl methyl sites for hydroxylation is 1. The van der Waals surface area contributed by atoms with Crippen LogP contribution in [-0.4, -0.2) is 59.4 Å². The van der Waals surface area contributed by atoms with Crippen molar-refractivity contribution in [1.82, 2.24) is 15.2 Å². The number of hydrogen-bond donors (Lipinski definition) is 2. The van der Waals surface area contributed by atoms with Gasteiger partial charge in [0.2, 0.25) is 0 Å². The minimum atomic E-state index is -0.486. The number of piperazine rings is 1. The first-order valence-corrected chi connectivity index (χ1v) is 8.97. The summed E-state index contributed by atoms with van der Waals surface area (Å²) in [4.78, 5) is 6.77. The van der Waals surface area contributed by atoms with Crippen LogP contribution in [-0.2, 0) is 0 Å². The molecule has 3 atom stereocenters. The Balaban J connectivity index is 1.52. The zero-order valence-electron chi connectivity index (χ0n) is 14.0. The quantitative estimate of drug-likeness (QED) is 0.875. The van der Waals surface area contributed by atoms with Crippen molar-refractivity contribution in [1.29, 1.82) is 0 Å². The molecule has 0 spiro atoms. The van der Waals surface area contributed by atoms with E-state index in [9.17, 15) is 5.11 Å². The number of aromatic nitrogens is 1. The van der Waals surface area contributed by atoms with Crippen molar-refractivity contribution in [3.63, 3.8) is 0 Å². The summed E-state index contributed by atoms with van der Waals surface area (Å²) in [5.74, 6) is 0.767. The summed E-state index contributed by atoms with van der Waals surface area (Å²) in [5.41, 5.74) is 0.962. The lowest BCUT2D eigenvalue weighted by atomic mass is 10.1. The van der Waals surface area contributed by atoms with Crippen molar-refractivity contribution >= 4 is 21.6 Å². The molecule has 0 aliphatic carbocycles. The van der Waals surface area contributed by atoms with Gasteiger partial charge in [0.25, 0.3) is 0 Å². The Morgan fingerprint density at radius 1 is 1.39 bits per heavy atom. The average molecular weight is 335 g/mol. The molecule has 1 fully saturated rings. The molecule has 23 heavy (non-hydrogen) atoms. The van der Waals surface area contributed by atoms with Crippen LogP contribution in [0.15, 0.2) is 18.2 Å². The highest BCUT2D eigenvalue weighted by molar-refractivity contribution is 7.18. The number of aliphatic hydroxyl groups is 1. The van der Waals surface area contributed by atoms with Gasteiger partial charge in [-0.3, -0.25) is 4.90 Å². The highest BCUT2D eigenvalue weighted by Gasteiger charge is 2.22. The van der Waals surface area contributed by atoms with Crippen molar-refractivity contribution in [2.45, 2.75) is 39.0 Å².